The second-order valence-electron chi connectivity index (χ2n) is 4.83. The highest BCUT2D eigenvalue weighted by Crippen LogP contribution is 2.14. The molecule has 2 heterocycles. The maximum absolute atomic E-state index is 5.67. The Hall–Kier alpha value is -1.20. The summed E-state index contributed by atoms with van der Waals surface area (Å²) < 4.78 is 11.3. The molecule has 0 aliphatic carbocycles. The standard InChI is InChI=1S/C14H23N3O2/c1-2-6-15-8-12-9-16-10-14(17-12)19-11-13-5-3-4-7-18-13/h9-10,13,15H,2-8,11H2,1H3. The van der Waals surface area contributed by atoms with Crippen LogP contribution in [0.3, 0.4) is 0 Å². The lowest BCUT2D eigenvalue weighted by atomic mass is 10.1. The Morgan fingerprint density at radius 2 is 2.37 bits per heavy atom. The largest absolute Gasteiger partial charge is 0.474 e. The molecule has 1 aromatic heterocycles. The third kappa shape index (κ3) is 5.12. The number of ether oxygens (including phenoxy) is 2. The van der Waals surface area contributed by atoms with E-state index in [4.69, 9.17) is 9.47 Å². The predicted octanol–water partition coefficient (Wildman–Crippen LogP) is 1.92. The topological polar surface area (TPSA) is 56.3 Å². The summed E-state index contributed by atoms with van der Waals surface area (Å²) in [6.07, 6.45) is 8.21. The van der Waals surface area contributed by atoms with E-state index in [1.54, 1.807) is 12.4 Å². The summed E-state index contributed by atoms with van der Waals surface area (Å²) in [5.74, 6) is 0.588. The first-order chi connectivity index (χ1) is 9.38. The molecule has 1 aliphatic heterocycles. The summed E-state index contributed by atoms with van der Waals surface area (Å²) in [6.45, 7) is 5.28. The highest BCUT2D eigenvalue weighted by atomic mass is 16.5. The van der Waals surface area contributed by atoms with E-state index in [1.165, 1.54) is 6.42 Å². The van der Waals surface area contributed by atoms with Gasteiger partial charge in [0.15, 0.2) is 0 Å². The van der Waals surface area contributed by atoms with Gasteiger partial charge in [0.25, 0.3) is 0 Å². The van der Waals surface area contributed by atoms with Gasteiger partial charge >= 0.3 is 0 Å². The van der Waals surface area contributed by atoms with Crippen molar-refractivity contribution >= 4 is 0 Å². The van der Waals surface area contributed by atoms with E-state index in [0.717, 1.165) is 44.7 Å². The van der Waals surface area contributed by atoms with Crippen LogP contribution in [0.2, 0.25) is 0 Å². The molecule has 0 saturated carbocycles. The number of hydrogen-bond donors (Lipinski definition) is 1. The van der Waals surface area contributed by atoms with Crippen molar-refractivity contribution in [1.29, 1.82) is 0 Å². The summed E-state index contributed by atoms with van der Waals surface area (Å²) >= 11 is 0. The van der Waals surface area contributed by atoms with Crippen LogP contribution < -0.4 is 10.1 Å². The van der Waals surface area contributed by atoms with Crippen LogP contribution in [0.1, 0.15) is 38.3 Å². The second-order valence-corrected chi connectivity index (χ2v) is 4.83. The minimum Gasteiger partial charge on any atom is -0.474 e. The van der Waals surface area contributed by atoms with Gasteiger partial charge in [-0.15, -0.1) is 0 Å². The van der Waals surface area contributed by atoms with E-state index in [9.17, 15) is 0 Å². The van der Waals surface area contributed by atoms with Gasteiger partial charge in [0.1, 0.15) is 6.61 Å². The quantitative estimate of drug-likeness (QED) is 0.763. The van der Waals surface area contributed by atoms with E-state index in [2.05, 4.69) is 22.2 Å². The van der Waals surface area contributed by atoms with Gasteiger partial charge in [-0.05, 0) is 32.2 Å². The Kier molecular flexibility index (Phi) is 6.04. The van der Waals surface area contributed by atoms with Crippen LogP contribution in [0.15, 0.2) is 12.4 Å². The number of hydrogen-bond acceptors (Lipinski definition) is 5. The molecule has 1 N–H and O–H groups in total. The second kappa shape index (κ2) is 8.07. The predicted molar refractivity (Wildman–Crippen MR) is 73.1 cm³/mol. The molecule has 0 amide bonds. The molecule has 0 radical (unpaired) electrons. The molecule has 1 aliphatic rings. The van der Waals surface area contributed by atoms with Gasteiger partial charge in [0.2, 0.25) is 5.88 Å². The van der Waals surface area contributed by atoms with Gasteiger partial charge in [-0.3, -0.25) is 4.98 Å². The SMILES string of the molecule is CCCNCc1cncc(OCC2CCCCO2)n1. The van der Waals surface area contributed by atoms with E-state index in [1.807, 2.05) is 0 Å². The molecule has 0 bridgehead atoms. The summed E-state index contributed by atoms with van der Waals surface area (Å²) in [7, 11) is 0. The smallest absolute Gasteiger partial charge is 0.232 e. The lowest BCUT2D eigenvalue weighted by molar-refractivity contribution is -0.0120. The van der Waals surface area contributed by atoms with Gasteiger partial charge in [-0.25, -0.2) is 4.98 Å². The Morgan fingerprint density at radius 3 is 3.16 bits per heavy atom. The molecule has 5 nitrogen and oxygen atoms in total. The lowest BCUT2D eigenvalue weighted by Crippen LogP contribution is -2.26. The van der Waals surface area contributed by atoms with E-state index >= 15 is 0 Å². The van der Waals surface area contributed by atoms with Crippen LogP contribution in [0, 0.1) is 0 Å². The van der Waals surface area contributed by atoms with Crippen molar-refractivity contribution < 1.29 is 9.47 Å². The van der Waals surface area contributed by atoms with E-state index in [0.29, 0.717) is 12.5 Å². The Balaban J connectivity index is 1.77. The van der Waals surface area contributed by atoms with E-state index in [-0.39, 0.29) is 6.10 Å². The molecular formula is C14H23N3O2. The van der Waals surface area contributed by atoms with Gasteiger partial charge in [0.05, 0.1) is 18.0 Å². The van der Waals surface area contributed by atoms with Crippen molar-refractivity contribution in [3.05, 3.63) is 18.1 Å². The van der Waals surface area contributed by atoms with Crippen LogP contribution in [0.4, 0.5) is 0 Å². The fraction of sp³-hybridized carbons (Fsp3) is 0.714. The Labute approximate surface area is 114 Å². The van der Waals surface area contributed by atoms with Crippen molar-refractivity contribution in [3.8, 4) is 5.88 Å². The summed E-state index contributed by atoms with van der Waals surface area (Å²) in [6, 6.07) is 0. The van der Waals surface area contributed by atoms with E-state index < -0.39 is 0 Å². The number of nitrogens with zero attached hydrogens (tertiary/aromatic N) is 2. The van der Waals surface area contributed by atoms with Crippen molar-refractivity contribution in [1.82, 2.24) is 15.3 Å². The summed E-state index contributed by atoms with van der Waals surface area (Å²) in [4.78, 5) is 8.58. The number of nitrogens with one attached hydrogen (secondary N) is 1. The first-order valence-corrected chi connectivity index (χ1v) is 7.14. The summed E-state index contributed by atoms with van der Waals surface area (Å²) in [5, 5.41) is 3.30. The molecule has 2 rings (SSSR count). The van der Waals surface area contributed by atoms with Crippen molar-refractivity contribution in [3.63, 3.8) is 0 Å². The molecular weight excluding hydrogens is 242 g/mol. The zero-order valence-electron chi connectivity index (χ0n) is 11.6. The molecule has 0 spiro atoms. The van der Waals surface area contributed by atoms with Gasteiger partial charge < -0.3 is 14.8 Å². The van der Waals surface area contributed by atoms with Crippen molar-refractivity contribution in [2.75, 3.05) is 19.8 Å². The summed E-state index contributed by atoms with van der Waals surface area (Å²) in [5.41, 5.74) is 0.913. The Bertz CT molecular complexity index is 367. The fourth-order valence-electron chi connectivity index (χ4n) is 2.05. The molecule has 19 heavy (non-hydrogen) atoms. The van der Waals surface area contributed by atoms with Crippen molar-refractivity contribution in [2.24, 2.45) is 0 Å². The lowest BCUT2D eigenvalue weighted by Gasteiger charge is -2.22. The molecule has 1 saturated heterocycles. The minimum atomic E-state index is 0.206. The van der Waals surface area contributed by atoms with Gasteiger partial charge in [-0.2, -0.15) is 0 Å². The molecule has 0 aromatic carbocycles. The first kappa shape index (κ1) is 14.2. The monoisotopic (exact) mass is 265 g/mol. The van der Waals surface area contributed by atoms with Crippen LogP contribution in [-0.4, -0.2) is 35.8 Å². The highest BCUT2D eigenvalue weighted by molar-refractivity contribution is 5.08. The average Bonchev–Trinajstić information content (AvgIpc) is 2.47. The third-order valence-electron chi connectivity index (χ3n) is 3.09. The van der Waals surface area contributed by atoms with Crippen LogP contribution in [0.25, 0.3) is 0 Å². The maximum atomic E-state index is 5.67. The zero-order chi connectivity index (χ0) is 13.3. The molecule has 1 aromatic rings. The molecule has 5 heteroatoms. The van der Waals surface area contributed by atoms with Crippen LogP contribution in [0.5, 0.6) is 5.88 Å². The zero-order valence-corrected chi connectivity index (χ0v) is 11.6. The minimum absolute atomic E-state index is 0.206. The third-order valence-corrected chi connectivity index (χ3v) is 3.09. The normalized spacial score (nSPS) is 19.3. The fourth-order valence-corrected chi connectivity index (χ4v) is 2.05. The van der Waals surface area contributed by atoms with Crippen LogP contribution in [-0.2, 0) is 11.3 Å². The molecule has 106 valence electrons. The van der Waals surface area contributed by atoms with Crippen LogP contribution >= 0.6 is 0 Å². The number of aromatic nitrogens is 2. The van der Waals surface area contributed by atoms with Gasteiger partial charge in [0, 0.05) is 19.3 Å². The molecule has 1 unspecified atom stereocenters. The number of rotatable bonds is 7. The first-order valence-electron chi connectivity index (χ1n) is 7.14. The average molecular weight is 265 g/mol. The highest BCUT2D eigenvalue weighted by Gasteiger charge is 2.14. The molecule has 1 fully saturated rings. The van der Waals surface area contributed by atoms with Crippen molar-refractivity contribution in [2.45, 2.75) is 45.3 Å². The Morgan fingerprint density at radius 1 is 1.42 bits per heavy atom. The van der Waals surface area contributed by atoms with Gasteiger partial charge in [-0.1, -0.05) is 6.92 Å². The molecule has 1 atom stereocenters. The maximum Gasteiger partial charge on any atom is 0.232 e.